The molecule has 30 heavy (non-hydrogen) atoms. The molecule has 0 saturated carbocycles. The fraction of sp³-hybridized carbons (Fsp3) is 0.435. The predicted molar refractivity (Wildman–Crippen MR) is 119 cm³/mol. The molecule has 0 unspecified atom stereocenters. The van der Waals surface area contributed by atoms with Gasteiger partial charge < -0.3 is 21.1 Å². The van der Waals surface area contributed by atoms with Gasteiger partial charge in [-0.25, -0.2) is 4.39 Å². The fourth-order valence-corrected chi connectivity index (χ4v) is 3.29. The Labute approximate surface area is 183 Å². The van der Waals surface area contributed by atoms with Crippen molar-refractivity contribution < 1.29 is 13.9 Å². The van der Waals surface area contributed by atoms with Crippen molar-refractivity contribution in [3.8, 4) is 11.5 Å². The summed E-state index contributed by atoms with van der Waals surface area (Å²) in [6.07, 6.45) is 0.881. The maximum Gasteiger partial charge on any atom is 0.222 e. The second kappa shape index (κ2) is 10.8. The van der Waals surface area contributed by atoms with Gasteiger partial charge in [0, 0.05) is 36.2 Å². The van der Waals surface area contributed by atoms with Crippen LogP contribution in [0.4, 0.5) is 4.39 Å². The van der Waals surface area contributed by atoms with Crippen LogP contribution in [0.2, 0.25) is 5.02 Å². The van der Waals surface area contributed by atoms with E-state index in [4.69, 9.17) is 22.1 Å². The zero-order valence-corrected chi connectivity index (χ0v) is 18.7. The smallest absolute Gasteiger partial charge is 0.222 e. The maximum absolute atomic E-state index is 15.3. The van der Waals surface area contributed by atoms with E-state index >= 15 is 4.39 Å². The molecular formula is C23H31ClFN3O2. The molecule has 2 rings (SSSR count). The Hall–Kier alpha value is -2.15. The van der Waals surface area contributed by atoms with E-state index in [1.807, 2.05) is 33.8 Å². The molecule has 0 saturated heterocycles. The molecule has 0 aliphatic carbocycles. The second-order valence-corrected chi connectivity index (χ2v) is 8.47. The molecule has 0 spiro atoms. The van der Waals surface area contributed by atoms with Crippen molar-refractivity contribution in [2.75, 3.05) is 6.54 Å². The highest BCUT2D eigenvalue weighted by molar-refractivity contribution is 6.32. The first-order valence-electron chi connectivity index (χ1n) is 10.1. The van der Waals surface area contributed by atoms with Crippen LogP contribution in [0.1, 0.15) is 52.1 Å². The number of benzene rings is 2. The van der Waals surface area contributed by atoms with Gasteiger partial charge in [0.05, 0.1) is 5.02 Å². The Morgan fingerprint density at radius 1 is 1.23 bits per heavy atom. The molecule has 0 aromatic heterocycles. The molecule has 164 valence electrons. The average molecular weight is 436 g/mol. The van der Waals surface area contributed by atoms with E-state index in [0.29, 0.717) is 24.3 Å². The van der Waals surface area contributed by atoms with Crippen LogP contribution in [0.15, 0.2) is 42.5 Å². The second-order valence-electron chi connectivity index (χ2n) is 8.06. The monoisotopic (exact) mass is 435 g/mol. The van der Waals surface area contributed by atoms with E-state index in [0.717, 1.165) is 0 Å². The lowest BCUT2D eigenvalue weighted by molar-refractivity contribution is -0.123. The fourth-order valence-electron chi connectivity index (χ4n) is 3.10. The predicted octanol–water partition coefficient (Wildman–Crippen LogP) is 4.94. The van der Waals surface area contributed by atoms with Crippen molar-refractivity contribution in [1.82, 2.24) is 10.6 Å². The minimum absolute atomic E-state index is 0.00397. The summed E-state index contributed by atoms with van der Waals surface area (Å²) in [5.41, 5.74) is 5.65. The van der Waals surface area contributed by atoms with Gasteiger partial charge in [-0.15, -0.1) is 0 Å². The molecule has 0 aliphatic heterocycles. The number of nitrogens with one attached hydrogen (secondary N) is 2. The Morgan fingerprint density at radius 2 is 1.90 bits per heavy atom. The molecule has 1 amide bonds. The summed E-state index contributed by atoms with van der Waals surface area (Å²) in [5, 5.41) is 6.45. The van der Waals surface area contributed by atoms with Crippen LogP contribution in [0.3, 0.4) is 0 Å². The molecule has 5 nitrogen and oxygen atoms in total. The van der Waals surface area contributed by atoms with E-state index in [2.05, 4.69) is 10.6 Å². The highest BCUT2D eigenvalue weighted by atomic mass is 35.5. The number of hydrogen-bond acceptors (Lipinski definition) is 4. The van der Waals surface area contributed by atoms with Gasteiger partial charge in [0.2, 0.25) is 5.91 Å². The van der Waals surface area contributed by atoms with Crippen LogP contribution >= 0.6 is 11.6 Å². The Bertz CT molecular complexity index is 846. The van der Waals surface area contributed by atoms with Crippen LogP contribution < -0.4 is 21.1 Å². The molecule has 2 aromatic carbocycles. The third kappa shape index (κ3) is 6.69. The minimum Gasteiger partial charge on any atom is -0.453 e. The molecule has 0 heterocycles. The number of rotatable bonds is 10. The van der Waals surface area contributed by atoms with E-state index in [1.54, 1.807) is 36.4 Å². The molecule has 7 heteroatoms. The van der Waals surface area contributed by atoms with Crippen LogP contribution in [0.5, 0.6) is 11.5 Å². The molecule has 0 fully saturated rings. The summed E-state index contributed by atoms with van der Waals surface area (Å²) in [7, 11) is 0. The van der Waals surface area contributed by atoms with Crippen molar-refractivity contribution >= 4 is 17.5 Å². The summed E-state index contributed by atoms with van der Waals surface area (Å²) in [4.78, 5) is 12.3. The van der Waals surface area contributed by atoms with Crippen molar-refractivity contribution in [1.29, 1.82) is 0 Å². The van der Waals surface area contributed by atoms with Crippen molar-refractivity contribution in [3.05, 3.63) is 58.9 Å². The van der Waals surface area contributed by atoms with Crippen LogP contribution in [0.25, 0.3) is 0 Å². The van der Waals surface area contributed by atoms with Crippen LogP contribution in [0, 0.1) is 5.82 Å². The SMILES string of the molecule is CC[C@@H](N[C@@H](C)CC(=O)NC(C)(C)CN)c1ccc(Cl)c(Oc2ccccc2)c1F. The van der Waals surface area contributed by atoms with E-state index < -0.39 is 11.4 Å². The number of para-hydroxylation sites is 1. The maximum atomic E-state index is 15.3. The van der Waals surface area contributed by atoms with E-state index in [9.17, 15) is 4.79 Å². The zero-order chi connectivity index (χ0) is 22.3. The lowest BCUT2D eigenvalue weighted by Crippen LogP contribution is -2.50. The number of carbonyl (C=O) groups is 1. The Balaban J connectivity index is 2.14. The van der Waals surface area contributed by atoms with Gasteiger partial charge in [0.25, 0.3) is 0 Å². The summed E-state index contributed by atoms with van der Waals surface area (Å²) in [6, 6.07) is 11.8. The Kier molecular flexibility index (Phi) is 8.65. The lowest BCUT2D eigenvalue weighted by Gasteiger charge is -2.27. The molecule has 2 aromatic rings. The molecule has 0 bridgehead atoms. The number of nitrogens with two attached hydrogens (primary N) is 1. The molecular weight excluding hydrogens is 405 g/mol. The zero-order valence-electron chi connectivity index (χ0n) is 18.0. The van der Waals surface area contributed by atoms with Crippen molar-refractivity contribution in [2.24, 2.45) is 5.73 Å². The quantitative estimate of drug-likeness (QED) is 0.493. The molecule has 0 radical (unpaired) electrons. The number of ether oxygens (including phenoxy) is 1. The third-order valence-corrected chi connectivity index (χ3v) is 5.09. The summed E-state index contributed by atoms with van der Waals surface area (Å²) < 4.78 is 21.0. The summed E-state index contributed by atoms with van der Waals surface area (Å²) >= 11 is 6.20. The van der Waals surface area contributed by atoms with Gasteiger partial charge in [-0.05, 0) is 45.4 Å². The lowest BCUT2D eigenvalue weighted by atomic mass is 10.0. The Morgan fingerprint density at radius 3 is 2.50 bits per heavy atom. The van der Waals surface area contributed by atoms with Gasteiger partial charge in [-0.2, -0.15) is 0 Å². The van der Waals surface area contributed by atoms with Gasteiger partial charge in [0.1, 0.15) is 5.75 Å². The van der Waals surface area contributed by atoms with Gasteiger partial charge >= 0.3 is 0 Å². The standard InChI is InChI=1S/C23H31ClFN3O2/c1-5-19(27-15(2)13-20(29)28-23(3,4)14-26)17-11-12-18(24)22(21(17)25)30-16-9-7-6-8-10-16/h6-12,15,19,27H,5,13-14,26H2,1-4H3,(H,28,29)/t15-,19+/m0/s1. The van der Waals surface area contributed by atoms with Gasteiger partial charge in [-0.1, -0.05) is 42.8 Å². The normalized spacial score (nSPS) is 13.6. The first-order valence-corrected chi connectivity index (χ1v) is 10.5. The number of halogens is 2. The van der Waals surface area contributed by atoms with E-state index in [1.165, 1.54) is 0 Å². The van der Waals surface area contributed by atoms with Crippen molar-refractivity contribution in [2.45, 2.75) is 58.2 Å². The van der Waals surface area contributed by atoms with Crippen molar-refractivity contribution in [3.63, 3.8) is 0 Å². The van der Waals surface area contributed by atoms with E-state index in [-0.39, 0.29) is 35.2 Å². The highest BCUT2D eigenvalue weighted by Crippen LogP contribution is 2.36. The first-order chi connectivity index (χ1) is 14.2. The molecule has 2 atom stereocenters. The highest BCUT2D eigenvalue weighted by Gasteiger charge is 2.24. The van der Waals surface area contributed by atoms with Crippen LogP contribution in [-0.2, 0) is 4.79 Å². The topological polar surface area (TPSA) is 76.4 Å². The summed E-state index contributed by atoms with van der Waals surface area (Å²) in [6.45, 7) is 7.93. The first kappa shape index (κ1) is 24.1. The number of amides is 1. The van der Waals surface area contributed by atoms with Gasteiger partial charge in [0.15, 0.2) is 11.6 Å². The minimum atomic E-state index is -0.508. The molecule has 0 aliphatic rings. The number of hydrogen-bond donors (Lipinski definition) is 3. The summed E-state index contributed by atoms with van der Waals surface area (Å²) in [5.74, 6) is -0.115. The van der Waals surface area contributed by atoms with Crippen LogP contribution in [-0.4, -0.2) is 24.0 Å². The third-order valence-electron chi connectivity index (χ3n) is 4.79. The average Bonchev–Trinajstić information content (AvgIpc) is 2.70. The largest absolute Gasteiger partial charge is 0.453 e. The van der Waals surface area contributed by atoms with Gasteiger partial charge in [-0.3, -0.25) is 4.79 Å². The number of carbonyl (C=O) groups excluding carboxylic acids is 1. The molecule has 4 N–H and O–H groups in total.